The molecule has 2 N–H and O–H groups in total. The predicted molar refractivity (Wildman–Crippen MR) is 101 cm³/mol. The normalized spacial score (nSPS) is 10.2. The van der Waals surface area contributed by atoms with Crippen molar-refractivity contribution in [2.24, 2.45) is 0 Å². The molecule has 0 saturated carbocycles. The van der Waals surface area contributed by atoms with Crippen molar-refractivity contribution >= 4 is 11.9 Å². The van der Waals surface area contributed by atoms with E-state index in [9.17, 15) is 9.59 Å². The van der Waals surface area contributed by atoms with E-state index >= 15 is 0 Å². The average Bonchev–Trinajstić information content (AvgIpc) is 2.61. The first-order valence-corrected chi connectivity index (χ1v) is 8.54. The Morgan fingerprint density at radius 3 is 1.46 bits per heavy atom. The van der Waals surface area contributed by atoms with Gasteiger partial charge in [-0.25, -0.2) is 9.59 Å². The van der Waals surface area contributed by atoms with Gasteiger partial charge in [-0.1, -0.05) is 37.4 Å². The summed E-state index contributed by atoms with van der Waals surface area (Å²) in [5.74, 6) is -0.726. The first-order chi connectivity index (χ1) is 12.4. The Morgan fingerprint density at radius 1 is 0.808 bits per heavy atom. The van der Waals surface area contributed by atoms with Gasteiger partial charge in [0.05, 0.1) is 0 Å². The molecular weight excluding hydrogens is 332 g/mol. The minimum atomic E-state index is -0.363. The van der Waals surface area contributed by atoms with Crippen molar-refractivity contribution in [2.75, 3.05) is 26.3 Å². The van der Waals surface area contributed by atoms with E-state index in [1.165, 1.54) is 0 Å². The van der Waals surface area contributed by atoms with Crippen molar-refractivity contribution < 1.29 is 19.1 Å². The van der Waals surface area contributed by atoms with Crippen LogP contribution in [0.15, 0.2) is 48.6 Å². The van der Waals surface area contributed by atoms with Gasteiger partial charge >= 0.3 is 11.9 Å². The molecule has 6 nitrogen and oxygen atoms in total. The highest BCUT2D eigenvalue weighted by Crippen LogP contribution is 2.04. The summed E-state index contributed by atoms with van der Waals surface area (Å²) in [7, 11) is 0. The van der Waals surface area contributed by atoms with Crippen LogP contribution in [0.4, 0.5) is 0 Å². The van der Waals surface area contributed by atoms with Gasteiger partial charge < -0.3 is 20.1 Å². The summed E-state index contributed by atoms with van der Waals surface area (Å²) in [6, 6.07) is 8.19. The summed E-state index contributed by atoms with van der Waals surface area (Å²) in [6.45, 7) is 13.5. The summed E-state index contributed by atoms with van der Waals surface area (Å²) in [6.07, 6.45) is 0. The van der Waals surface area contributed by atoms with E-state index in [0.717, 1.165) is 11.1 Å². The largest absolute Gasteiger partial charge is 0.461 e. The summed E-state index contributed by atoms with van der Waals surface area (Å²) < 4.78 is 10.0. The Balaban J connectivity index is 2.15. The second-order valence-corrected chi connectivity index (χ2v) is 6.00. The van der Waals surface area contributed by atoms with Crippen LogP contribution in [-0.2, 0) is 32.2 Å². The topological polar surface area (TPSA) is 76.7 Å². The summed E-state index contributed by atoms with van der Waals surface area (Å²) in [4.78, 5) is 22.4. The van der Waals surface area contributed by atoms with Crippen LogP contribution in [-0.4, -0.2) is 38.2 Å². The van der Waals surface area contributed by atoms with Crippen molar-refractivity contribution in [3.05, 3.63) is 59.7 Å². The lowest BCUT2D eigenvalue weighted by molar-refractivity contribution is -0.139. The Labute approximate surface area is 155 Å². The van der Waals surface area contributed by atoms with E-state index in [-0.39, 0.29) is 11.9 Å². The number of hydrogen-bond donors (Lipinski definition) is 2. The third-order valence-corrected chi connectivity index (χ3v) is 3.40. The molecule has 26 heavy (non-hydrogen) atoms. The van der Waals surface area contributed by atoms with Crippen LogP contribution in [0.1, 0.15) is 25.0 Å². The number of ether oxygens (including phenoxy) is 2. The average molecular weight is 360 g/mol. The zero-order valence-electron chi connectivity index (χ0n) is 15.6. The molecule has 1 rings (SSSR count). The van der Waals surface area contributed by atoms with Crippen molar-refractivity contribution in [1.29, 1.82) is 0 Å². The Morgan fingerprint density at radius 2 is 1.15 bits per heavy atom. The van der Waals surface area contributed by atoms with Gasteiger partial charge in [-0.2, -0.15) is 0 Å². The van der Waals surface area contributed by atoms with Gasteiger partial charge in [0, 0.05) is 37.3 Å². The Hall–Kier alpha value is -2.44. The van der Waals surface area contributed by atoms with Crippen LogP contribution in [0.2, 0.25) is 0 Å². The van der Waals surface area contributed by atoms with E-state index in [0.29, 0.717) is 50.5 Å². The number of rotatable bonds is 12. The van der Waals surface area contributed by atoms with Crippen molar-refractivity contribution in [3.8, 4) is 0 Å². The molecule has 0 aliphatic carbocycles. The molecule has 0 spiro atoms. The minimum Gasteiger partial charge on any atom is -0.461 e. The molecule has 142 valence electrons. The zero-order valence-corrected chi connectivity index (χ0v) is 15.6. The number of hydrogen-bond acceptors (Lipinski definition) is 6. The fourth-order valence-corrected chi connectivity index (χ4v) is 1.92. The number of carbonyl (C=O) groups excluding carboxylic acids is 2. The molecule has 0 saturated heterocycles. The van der Waals surface area contributed by atoms with Crippen LogP contribution in [0, 0.1) is 0 Å². The van der Waals surface area contributed by atoms with Gasteiger partial charge in [-0.3, -0.25) is 0 Å². The molecule has 0 aliphatic heterocycles. The third kappa shape index (κ3) is 9.15. The molecule has 0 radical (unpaired) electrons. The highest BCUT2D eigenvalue weighted by Gasteiger charge is 2.03. The highest BCUT2D eigenvalue weighted by atomic mass is 16.5. The highest BCUT2D eigenvalue weighted by molar-refractivity contribution is 5.87. The third-order valence-electron chi connectivity index (χ3n) is 3.40. The fourth-order valence-electron chi connectivity index (χ4n) is 1.92. The molecule has 0 atom stereocenters. The van der Waals surface area contributed by atoms with Crippen LogP contribution >= 0.6 is 0 Å². The fraction of sp³-hybridized carbons (Fsp3) is 0.400. The van der Waals surface area contributed by atoms with Gasteiger partial charge in [0.2, 0.25) is 0 Å². The molecule has 0 aliphatic rings. The maximum Gasteiger partial charge on any atom is 0.333 e. The van der Waals surface area contributed by atoms with Crippen molar-refractivity contribution in [3.63, 3.8) is 0 Å². The number of carbonyl (C=O) groups is 2. The van der Waals surface area contributed by atoms with E-state index in [4.69, 9.17) is 9.47 Å². The maximum absolute atomic E-state index is 11.2. The van der Waals surface area contributed by atoms with Gasteiger partial charge in [0.25, 0.3) is 0 Å². The monoisotopic (exact) mass is 360 g/mol. The summed E-state index contributed by atoms with van der Waals surface area (Å²) in [5.41, 5.74) is 3.11. The molecule has 0 heterocycles. The Kier molecular flexibility index (Phi) is 9.97. The second-order valence-electron chi connectivity index (χ2n) is 6.00. The van der Waals surface area contributed by atoms with Crippen molar-refractivity contribution in [1.82, 2.24) is 10.6 Å². The molecule has 1 aromatic carbocycles. The first kappa shape index (κ1) is 21.6. The smallest absolute Gasteiger partial charge is 0.333 e. The van der Waals surface area contributed by atoms with E-state index in [1.54, 1.807) is 13.8 Å². The lowest BCUT2D eigenvalue weighted by atomic mass is 10.1. The van der Waals surface area contributed by atoms with Crippen LogP contribution in [0.25, 0.3) is 0 Å². The number of nitrogens with one attached hydrogen (secondary N) is 2. The second kappa shape index (κ2) is 12.0. The van der Waals surface area contributed by atoms with Gasteiger partial charge in [0.15, 0.2) is 0 Å². The van der Waals surface area contributed by atoms with E-state index in [1.807, 2.05) is 24.3 Å². The maximum atomic E-state index is 11.2. The van der Waals surface area contributed by atoms with Gasteiger partial charge in [-0.15, -0.1) is 0 Å². The molecule has 0 unspecified atom stereocenters. The van der Waals surface area contributed by atoms with E-state index < -0.39 is 0 Å². The number of esters is 2. The van der Waals surface area contributed by atoms with E-state index in [2.05, 4.69) is 23.8 Å². The molecule has 0 aromatic heterocycles. The first-order valence-electron chi connectivity index (χ1n) is 8.54. The predicted octanol–water partition coefficient (Wildman–Crippen LogP) is 2.10. The standard InChI is InChI=1S/C20H28N2O4/c1-15(2)19(23)25-11-9-21-13-17-5-7-18(8-6-17)14-22-10-12-26-20(24)16(3)4/h5-8,21-22H,1,3,9-14H2,2,4H3. The summed E-state index contributed by atoms with van der Waals surface area (Å²) >= 11 is 0. The number of benzene rings is 1. The van der Waals surface area contributed by atoms with Crippen LogP contribution in [0.5, 0.6) is 0 Å². The van der Waals surface area contributed by atoms with Crippen molar-refractivity contribution in [2.45, 2.75) is 26.9 Å². The summed E-state index contributed by atoms with van der Waals surface area (Å²) in [5, 5.41) is 6.43. The van der Waals surface area contributed by atoms with Crippen LogP contribution < -0.4 is 10.6 Å². The SMILES string of the molecule is C=C(C)C(=O)OCCNCc1ccc(CNCCOC(=O)C(=C)C)cc1. The molecule has 0 amide bonds. The van der Waals surface area contributed by atoms with Crippen LogP contribution in [0.3, 0.4) is 0 Å². The Bertz CT molecular complexity index is 568. The lowest BCUT2D eigenvalue weighted by Crippen LogP contribution is -2.22. The van der Waals surface area contributed by atoms with Gasteiger partial charge in [-0.05, 0) is 25.0 Å². The molecular formula is C20H28N2O4. The quantitative estimate of drug-likeness (QED) is 0.338. The molecule has 0 fully saturated rings. The molecule has 1 aromatic rings. The molecule has 6 heteroatoms. The minimum absolute atomic E-state index is 0.323. The van der Waals surface area contributed by atoms with Gasteiger partial charge in [0.1, 0.15) is 13.2 Å². The zero-order chi connectivity index (χ0) is 19.4. The molecule has 0 bridgehead atoms. The lowest BCUT2D eigenvalue weighted by Gasteiger charge is -2.08.